The maximum atomic E-state index is 12.3. The number of aliphatic hydroxyl groups is 1. The predicted octanol–water partition coefficient (Wildman–Crippen LogP) is 10.3. The number of esters is 2. The second-order valence-corrected chi connectivity index (χ2v) is 13.6. The highest BCUT2D eigenvalue weighted by molar-refractivity contribution is 7.46. The van der Waals surface area contributed by atoms with Gasteiger partial charge in [0.2, 0.25) is 0 Å². The van der Waals surface area contributed by atoms with E-state index in [0.29, 0.717) is 25.7 Å². The molecule has 0 heterocycles. The third kappa shape index (κ3) is 38.3. The Morgan fingerprint density at radius 1 is 0.608 bits per heavy atom. The Kier molecular flexibility index (Phi) is 33.6. The van der Waals surface area contributed by atoms with Gasteiger partial charge in [-0.1, -0.05) is 125 Å². The molecule has 3 N–H and O–H groups in total. The van der Waals surface area contributed by atoms with Crippen molar-refractivity contribution in [1.29, 1.82) is 0 Å². The summed E-state index contributed by atoms with van der Waals surface area (Å²) in [6.45, 7) is 3.44. The lowest BCUT2D eigenvalue weighted by molar-refractivity contribution is -0.161. The number of phosphoric acid groups is 1. The second-order valence-electron chi connectivity index (χ2n) is 12.4. The van der Waals surface area contributed by atoms with E-state index in [1.165, 1.54) is 38.5 Å². The first-order valence-electron chi connectivity index (χ1n) is 19.0. The van der Waals surface area contributed by atoms with Crippen LogP contribution in [0.2, 0.25) is 0 Å². The zero-order valence-corrected chi connectivity index (χ0v) is 32.2. The van der Waals surface area contributed by atoms with Gasteiger partial charge < -0.3 is 24.4 Å². The molecule has 0 aliphatic heterocycles. The molecule has 0 aromatic heterocycles. The zero-order valence-electron chi connectivity index (χ0n) is 31.3. The molecule has 0 bridgehead atoms. The number of phosphoric ester groups is 1. The summed E-state index contributed by atoms with van der Waals surface area (Å²) in [5.74, 6) is -1.07. The van der Waals surface area contributed by atoms with Crippen LogP contribution in [0.3, 0.4) is 0 Å². The molecule has 10 heteroatoms. The highest BCUT2D eigenvalue weighted by Crippen LogP contribution is 2.35. The van der Waals surface area contributed by atoms with E-state index >= 15 is 0 Å². The van der Waals surface area contributed by atoms with Gasteiger partial charge in [0.25, 0.3) is 0 Å². The molecular formula is C41H67O9P. The molecule has 0 amide bonds. The summed E-state index contributed by atoms with van der Waals surface area (Å²) >= 11 is 0. The summed E-state index contributed by atoms with van der Waals surface area (Å²) in [6, 6.07) is 0. The largest absolute Gasteiger partial charge is 0.469 e. The molecule has 0 saturated heterocycles. The summed E-state index contributed by atoms with van der Waals surface area (Å²) in [5.41, 5.74) is 0. The van der Waals surface area contributed by atoms with Gasteiger partial charge >= 0.3 is 19.8 Å². The molecule has 0 fully saturated rings. The summed E-state index contributed by atoms with van der Waals surface area (Å²) in [5, 5.41) is 10.1. The number of rotatable bonds is 33. The van der Waals surface area contributed by atoms with Crippen molar-refractivity contribution >= 4 is 19.8 Å². The molecule has 0 aromatic rings. The first-order chi connectivity index (χ1) is 24.7. The Labute approximate surface area is 308 Å². The summed E-state index contributed by atoms with van der Waals surface area (Å²) in [4.78, 5) is 42.7. The molecule has 0 aliphatic rings. The normalized spacial score (nSPS) is 14.1. The number of carbonyl (C=O) groups excluding carboxylic acids is 2. The minimum Gasteiger partial charge on any atom is -0.462 e. The molecule has 290 valence electrons. The van der Waals surface area contributed by atoms with Crippen LogP contribution >= 0.6 is 7.82 Å². The average Bonchev–Trinajstić information content (AvgIpc) is 3.09. The molecule has 0 saturated carbocycles. The first kappa shape index (κ1) is 48.2. The van der Waals surface area contributed by atoms with Crippen molar-refractivity contribution < 1.29 is 43.0 Å². The smallest absolute Gasteiger partial charge is 0.462 e. The van der Waals surface area contributed by atoms with E-state index in [2.05, 4.69) is 67.0 Å². The Bertz CT molecular complexity index is 1110. The van der Waals surface area contributed by atoms with Crippen LogP contribution in [0.5, 0.6) is 0 Å². The standard InChI is InChI=1S/C41H67O9P/c1-3-5-7-9-11-13-14-15-16-17-18-20-22-26-30-34-40(43)48-36-39(37-49-51(45,46)47)50-41(44)35-31-27-23-25-29-33-38(42)32-28-24-21-19-12-10-8-6-4-2/h11-13,15-16,18-20,23-25,28-29,33,38-39,42H,3-10,14,17,21-22,26-27,30-32,34-37H2,1-2H3,(H2,45,46,47)/b13-11-,16-15-,19-12-,20-18-,25-23+,28-24-,33-29-/t38?,39-/m1/s1. The van der Waals surface area contributed by atoms with Gasteiger partial charge in [0, 0.05) is 12.8 Å². The van der Waals surface area contributed by atoms with Gasteiger partial charge in [0.1, 0.15) is 6.61 Å². The topological polar surface area (TPSA) is 140 Å². The van der Waals surface area contributed by atoms with Crippen LogP contribution < -0.4 is 0 Å². The molecular weight excluding hydrogens is 667 g/mol. The van der Waals surface area contributed by atoms with Crippen LogP contribution in [0, 0.1) is 0 Å². The van der Waals surface area contributed by atoms with Crippen molar-refractivity contribution in [2.75, 3.05) is 13.2 Å². The third-order valence-electron chi connectivity index (χ3n) is 7.47. The van der Waals surface area contributed by atoms with Gasteiger partial charge in [-0.25, -0.2) is 4.57 Å². The monoisotopic (exact) mass is 734 g/mol. The molecule has 2 atom stereocenters. The highest BCUT2D eigenvalue weighted by Gasteiger charge is 2.22. The number of carbonyl (C=O) groups is 2. The van der Waals surface area contributed by atoms with Crippen molar-refractivity contribution in [3.05, 3.63) is 85.1 Å². The van der Waals surface area contributed by atoms with Crippen molar-refractivity contribution in [1.82, 2.24) is 0 Å². The zero-order chi connectivity index (χ0) is 37.7. The number of aliphatic hydroxyl groups excluding tert-OH is 1. The van der Waals surface area contributed by atoms with Gasteiger partial charge in [0.15, 0.2) is 6.10 Å². The van der Waals surface area contributed by atoms with E-state index in [9.17, 15) is 19.3 Å². The molecule has 0 spiro atoms. The maximum absolute atomic E-state index is 12.3. The molecule has 0 aliphatic carbocycles. The van der Waals surface area contributed by atoms with Gasteiger partial charge in [-0.05, 0) is 83.5 Å². The highest BCUT2D eigenvalue weighted by atomic mass is 31.2. The molecule has 0 radical (unpaired) electrons. The SMILES string of the molecule is CCCCC/C=C\C/C=C\C/C=C\CCCCC(=O)OC[C@H](COP(=O)(O)O)OC(=O)CCC/C=C/C=C\C(O)C/C=C\C/C=C\CCCCC. The van der Waals surface area contributed by atoms with Crippen molar-refractivity contribution in [3.8, 4) is 0 Å². The van der Waals surface area contributed by atoms with Crippen molar-refractivity contribution in [2.45, 2.75) is 148 Å². The quantitative estimate of drug-likeness (QED) is 0.0198. The van der Waals surface area contributed by atoms with Gasteiger partial charge in [-0.2, -0.15) is 0 Å². The maximum Gasteiger partial charge on any atom is 0.469 e. The fourth-order valence-corrected chi connectivity index (χ4v) is 4.93. The van der Waals surface area contributed by atoms with Gasteiger partial charge in [-0.15, -0.1) is 0 Å². The fraction of sp³-hybridized carbons (Fsp3) is 0.610. The van der Waals surface area contributed by atoms with E-state index in [1.54, 1.807) is 18.2 Å². The van der Waals surface area contributed by atoms with Crippen LogP contribution in [0.25, 0.3) is 0 Å². The van der Waals surface area contributed by atoms with E-state index in [1.807, 2.05) is 18.2 Å². The molecule has 51 heavy (non-hydrogen) atoms. The Morgan fingerprint density at radius 2 is 1.12 bits per heavy atom. The minimum absolute atomic E-state index is 0.0639. The lowest BCUT2D eigenvalue weighted by Gasteiger charge is -2.18. The van der Waals surface area contributed by atoms with Gasteiger partial charge in [-0.3, -0.25) is 14.1 Å². The number of allylic oxidation sites excluding steroid dienone is 12. The number of ether oxygens (including phenoxy) is 2. The molecule has 1 unspecified atom stereocenters. The fourth-order valence-electron chi connectivity index (χ4n) is 4.57. The number of hydrogen-bond acceptors (Lipinski definition) is 7. The van der Waals surface area contributed by atoms with Crippen LogP contribution in [0.1, 0.15) is 136 Å². The lowest BCUT2D eigenvalue weighted by atomic mass is 10.1. The molecule has 0 rings (SSSR count). The van der Waals surface area contributed by atoms with Crippen molar-refractivity contribution in [3.63, 3.8) is 0 Å². The van der Waals surface area contributed by atoms with E-state index in [0.717, 1.165) is 44.9 Å². The summed E-state index contributed by atoms with van der Waals surface area (Å²) in [7, 11) is -4.80. The predicted molar refractivity (Wildman–Crippen MR) is 208 cm³/mol. The van der Waals surface area contributed by atoms with Crippen molar-refractivity contribution in [2.24, 2.45) is 0 Å². The Morgan fingerprint density at radius 3 is 1.69 bits per heavy atom. The Hall–Kier alpha value is -2.81. The first-order valence-corrected chi connectivity index (χ1v) is 20.5. The molecule has 9 nitrogen and oxygen atoms in total. The van der Waals surface area contributed by atoms with E-state index in [4.69, 9.17) is 19.3 Å². The minimum atomic E-state index is -4.80. The van der Waals surface area contributed by atoms with E-state index in [-0.39, 0.29) is 19.4 Å². The van der Waals surface area contributed by atoms with Crippen LogP contribution in [0.4, 0.5) is 0 Å². The third-order valence-corrected chi connectivity index (χ3v) is 7.95. The van der Waals surface area contributed by atoms with Crippen LogP contribution in [0.15, 0.2) is 85.1 Å². The summed E-state index contributed by atoms with van der Waals surface area (Å²) < 4.78 is 26.2. The van der Waals surface area contributed by atoms with E-state index < -0.39 is 38.6 Å². The van der Waals surface area contributed by atoms with Gasteiger partial charge in [0.05, 0.1) is 12.7 Å². The Balaban J connectivity index is 4.26. The number of hydrogen-bond donors (Lipinski definition) is 3. The molecule has 0 aromatic carbocycles. The average molecular weight is 735 g/mol. The number of unbranched alkanes of at least 4 members (excludes halogenated alkanes) is 9. The second kappa shape index (κ2) is 35.6. The lowest BCUT2D eigenvalue weighted by Crippen LogP contribution is -2.29. The summed E-state index contributed by atoms with van der Waals surface area (Å²) in [6.07, 6.45) is 43.3. The van der Waals surface area contributed by atoms with Crippen LogP contribution in [-0.2, 0) is 28.2 Å². The van der Waals surface area contributed by atoms with Crippen LogP contribution in [-0.4, -0.2) is 52.3 Å².